The van der Waals surface area contributed by atoms with Crippen molar-refractivity contribution in [3.8, 4) is 0 Å². The van der Waals surface area contributed by atoms with Crippen molar-refractivity contribution < 1.29 is 14.0 Å². The first-order valence-electron chi connectivity index (χ1n) is 8.86. The first-order valence-corrected chi connectivity index (χ1v) is 9.61. The third-order valence-corrected chi connectivity index (χ3v) is 4.56. The minimum Gasteiger partial charge on any atom is -0.306 e. The fraction of sp³-hybridized carbons (Fsp3) is 0.368. The van der Waals surface area contributed by atoms with Crippen molar-refractivity contribution in [1.82, 2.24) is 15.3 Å². The average Bonchev–Trinajstić information content (AvgIpc) is 2.63. The molecule has 0 aliphatic carbocycles. The molecule has 0 atom stereocenters. The Labute approximate surface area is 172 Å². The summed E-state index contributed by atoms with van der Waals surface area (Å²) in [5.74, 6) is -1.74. The summed E-state index contributed by atoms with van der Waals surface area (Å²) >= 11 is 11.3. The van der Waals surface area contributed by atoms with Gasteiger partial charge in [-0.05, 0) is 36.5 Å². The number of halogens is 3. The molecule has 28 heavy (non-hydrogen) atoms. The highest BCUT2D eigenvalue weighted by atomic mass is 35.5. The maximum absolute atomic E-state index is 13.6. The van der Waals surface area contributed by atoms with Crippen LogP contribution in [0.15, 0.2) is 18.3 Å². The highest BCUT2D eigenvalue weighted by Crippen LogP contribution is 2.27. The van der Waals surface area contributed by atoms with Crippen LogP contribution in [0.25, 0.3) is 0 Å². The Morgan fingerprint density at radius 3 is 2.61 bits per heavy atom. The number of urea groups is 1. The molecular formula is C19H21Cl2FN4O2. The number of carbonyl (C=O) groups excluding carboxylic acids is 2. The highest BCUT2D eigenvalue weighted by Gasteiger charge is 2.20. The van der Waals surface area contributed by atoms with Crippen LogP contribution in [-0.4, -0.2) is 21.9 Å². The number of nitrogens with one attached hydrogen (secondary N) is 2. The number of aromatic nitrogens is 2. The molecule has 150 valence electrons. The number of nitrogens with zero attached hydrogens (tertiary/aromatic N) is 2. The normalized spacial score (nSPS) is 10.8. The molecule has 0 bridgehead atoms. The van der Waals surface area contributed by atoms with Gasteiger partial charge in [0.05, 0.1) is 16.9 Å². The van der Waals surface area contributed by atoms with Crippen molar-refractivity contribution in [3.05, 3.63) is 51.3 Å². The van der Waals surface area contributed by atoms with Gasteiger partial charge in [-0.25, -0.2) is 14.2 Å². The number of carbonyl (C=O) groups is 2. The lowest BCUT2D eigenvalue weighted by molar-refractivity contribution is 0.0966. The molecular weight excluding hydrogens is 406 g/mol. The first kappa shape index (κ1) is 22.0. The molecule has 3 amide bonds. The van der Waals surface area contributed by atoms with E-state index in [1.54, 1.807) is 6.20 Å². The number of anilines is 1. The van der Waals surface area contributed by atoms with E-state index in [4.69, 9.17) is 23.2 Å². The molecule has 0 unspecified atom stereocenters. The van der Waals surface area contributed by atoms with Crippen LogP contribution in [-0.2, 0) is 6.42 Å². The number of pyridine rings is 2. The molecule has 0 aliphatic rings. The zero-order valence-electron chi connectivity index (χ0n) is 15.8. The van der Waals surface area contributed by atoms with Gasteiger partial charge in [-0.1, -0.05) is 50.4 Å². The second kappa shape index (κ2) is 9.80. The third-order valence-electron chi connectivity index (χ3n) is 4.01. The van der Waals surface area contributed by atoms with Crippen LogP contribution in [0.5, 0.6) is 0 Å². The van der Waals surface area contributed by atoms with Crippen LogP contribution in [0.1, 0.15) is 61.1 Å². The Balaban J connectivity index is 2.23. The summed E-state index contributed by atoms with van der Waals surface area (Å²) in [6.45, 7) is 6.00. The monoisotopic (exact) mass is 426 g/mol. The molecule has 0 saturated heterocycles. The summed E-state index contributed by atoms with van der Waals surface area (Å²) in [5.41, 5.74) is 1.93. The Hall–Kier alpha value is -2.25. The second-order valence-electron chi connectivity index (χ2n) is 6.50. The van der Waals surface area contributed by atoms with Crippen LogP contribution >= 0.6 is 23.2 Å². The van der Waals surface area contributed by atoms with E-state index < -0.39 is 22.9 Å². The number of aryl methyl sites for hydroxylation is 1. The smallest absolute Gasteiger partial charge is 0.306 e. The van der Waals surface area contributed by atoms with Gasteiger partial charge in [0.1, 0.15) is 5.15 Å². The fourth-order valence-corrected chi connectivity index (χ4v) is 3.00. The molecule has 0 spiro atoms. The first-order chi connectivity index (χ1) is 13.2. The van der Waals surface area contributed by atoms with Crippen molar-refractivity contribution in [1.29, 1.82) is 0 Å². The SMILES string of the molecule is CCCCc1ccnc(C(C)C)c1NC(=O)NC(=O)c1cc(F)c(Cl)nc1Cl. The lowest BCUT2D eigenvalue weighted by atomic mass is 10.0. The van der Waals surface area contributed by atoms with E-state index in [1.807, 2.05) is 19.9 Å². The van der Waals surface area contributed by atoms with Crippen molar-refractivity contribution in [2.45, 2.75) is 46.0 Å². The highest BCUT2D eigenvalue weighted by molar-refractivity contribution is 6.35. The Morgan fingerprint density at radius 2 is 1.96 bits per heavy atom. The van der Waals surface area contributed by atoms with E-state index >= 15 is 0 Å². The molecule has 2 aromatic rings. The number of rotatable bonds is 6. The van der Waals surface area contributed by atoms with Gasteiger partial charge in [0.15, 0.2) is 11.0 Å². The zero-order chi connectivity index (χ0) is 20.8. The summed E-state index contributed by atoms with van der Waals surface area (Å²) in [5, 5.41) is 4.07. The molecule has 9 heteroatoms. The minimum atomic E-state index is -0.909. The molecule has 0 fully saturated rings. The van der Waals surface area contributed by atoms with Gasteiger partial charge in [-0.3, -0.25) is 15.1 Å². The van der Waals surface area contributed by atoms with Crippen LogP contribution in [0.2, 0.25) is 10.3 Å². The van der Waals surface area contributed by atoms with Crippen LogP contribution in [0.3, 0.4) is 0 Å². The van der Waals surface area contributed by atoms with E-state index in [1.165, 1.54) is 0 Å². The molecule has 2 N–H and O–H groups in total. The molecule has 2 aromatic heterocycles. The van der Waals surface area contributed by atoms with E-state index in [0.29, 0.717) is 11.4 Å². The van der Waals surface area contributed by atoms with Gasteiger partial charge >= 0.3 is 6.03 Å². The molecule has 0 aliphatic heterocycles. The molecule has 0 radical (unpaired) electrons. The molecule has 2 rings (SSSR count). The number of hydrogen-bond acceptors (Lipinski definition) is 4. The van der Waals surface area contributed by atoms with Crippen molar-refractivity contribution in [2.24, 2.45) is 0 Å². The maximum atomic E-state index is 13.6. The summed E-state index contributed by atoms with van der Waals surface area (Å²) in [6, 6.07) is 1.90. The number of hydrogen-bond donors (Lipinski definition) is 2. The molecule has 0 aromatic carbocycles. The fourth-order valence-electron chi connectivity index (χ4n) is 2.60. The summed E-state index contributed by atoms with van der Waals surface area (Å²) in [7, 11) is 0. The quantitative estimate of drug-likeness (QED) is 0.609. The number of imide groups is 1. The van der Waals surface area contributed by atoms with Crippen molar-refractivity contribution >= 4 is 40.8 Å². The third kappa shape index (κ3) is 5.39. The Bertz CT molecular complexity index is 890. The van der Waals surface area contributed by atoms with E-state index in [9.17, 15) is 14.0 Å². The molecule has 6 nitrogen and oxygen atoms in total. The topological polar surface area (TPSA) is 84.0 Å². The van der Waals surface area contributed by atoms with Gasteiger partial charge in [0.2, 0.25) is 0 Å². The second-order valence-corrected chi connectivity index (χ2v) is 7.21. The van der Waals surface area contributed by atoms with Gasteiger partial charge in [-0.15, -0.1) is 0 Å². The molecule has 0 saturated carbocycles. The largest absolute Gasteiger partial charge is 0.326 e. The number of unbranched alkanes of at least 4 members (excludes halogenated alkanes) is 1. The molecule has 2 heterocycles. The summed E-state index contributed by atoms with van der Waals surface area (Å²) in [4.78, 5) is 32.6. The lowest BCUT2D eigenvalue weighted by Crippen LogP contribution is -2.35. The standard InChI is InChI=1S/C19H21Cl2FN4O2/c1-4-5-6-11-7-8-23-14(10(2)3)15(11)24-19(28)26-18(27)12-9-13(22)17(21)25-16(12)20/h7-10H,4-6H2,1-3H3,(H2,24,26,27,28). The van der Waals surface area contributed by atoms with Gasteiger partial charge in [0, 0.05) is 6.20 Å². The predicted octanol–water partition coefficient (Wildman–Crippen LogP) is 5.35. The van der Waals surface area contributed by atoms with Gasteiger partial charge in [0.25, 0.3) is 5.91 Å². The Morgan fingerprint density at radius 1 is 1.25 bits per heavy atom. The summed E-state index contributed by atoms with van der Waals surface area (Å²) in [6.07, 6.45) is 4.41. The van der Waals surface area contributed by atoms with E-state index in [-0.39, 0.29) is 16.6 Å². The van der Waals surface area contributed by atoms with Gasteiger partial charge < -0.3 is 5.32 Å². The maximum Gasteiger partial charge on any atom is 0.326 e. The van der Waals surface area contributed by atoms with Crippen LogP contribution in [0.4, 0.5) is 14.9 Å². The van der Waals surface area contributed by atoms with Crippen molar-refractivity contribution in [3.63, 3.8) is 0 Å². The van der Waals surface area contributed by atoms with Gasteiger partial charge in [-0.2, -0.15) is 0 Å². The predicted molar refractivity (Wildman–Crippen MR) is 108 cm³/mol. The van der Waals surface area contributed by atoms with E-state index in [0.717, 1.165) is 30.9 Å². The number of amides is 3. The zero-order valence-corrected chi connectivity index (χ0v) is 17.3. The summed E-state index contributed by atoms with van der Waals surface area (Å²) < 4.78 is 13.6. The van der Waals surface area contributed by atoms with Crippen LogP contribution < -0.4 is 10.6 Å². The minimum absolute atomic E-state index is 0.0663. The lowest BCUT2D eigenvalue weighted by Gasteiger charge is -2.17. The van der Waals surface area contributed by atoms with E-state index in [2.05, 4.69) is 27.5 Å². The van der Waals surface area contributed by atoms with Crippen LogP contribution in [0, 0.1) is 5.82 Å². The average molecular weight is 427 g/mol. The Kier molecular flexibility index (Phi) is 7.71. The van der Waals surface area contributed by atoms with Crippen molar-refractivity contribution in [2.75, 3.05) is 5.32 Å².